The van der Waals surface area contributed by atoms with E-state index < -0.39 is 9.84 Å². The molecule has 0 fully saturated rings. The van der Waals surface area contributed by atoms with Gasteiger partial charge in [-0.1, -0.05) is 35.4 Å². The van der Waals surface area contributed by atoms with Crippen LogP contribution in [-0.4, -0.2) is 8.42 Å². The average molecular weight is 288 g/mol. The van der Waals surface area contributed by atoms with E-state index >= 15 is 0 Å². The Labute approximate surface area is 121 Å². The molecule has 0 aromatic heterocycles. The normalized spacial score (nSPS) is 11.6. The van der Waals surface area contributed by atoms with Crippen LogP contribution < -0.4 is 0 Å². The summed E-state index contributed by atoms with van der Waals surface area (Å²) in [5, 5.41) is 0. The van der Waals surface area contributed by atoms with Crippen LogP contribution in [0.4, 0.5) is 0 Å². The molecule has 0 atom stereocenters. The van der Waals surface area contributed by atoms with Crippen LogP contribution in [0.1, 0.15) is 27.8 Å². The first-order valence-electron chi connectivity index (χ1n) is 6.66. The summed E-state index contributed by atoms with van der Waals surface area (Å²) in [6, 6.07) is 11.1. The third-order valence-electron chi connectivity index (χ3n) is 3.55. The van der Waals surface area contributed by atoms with E-state index in [9.17, 15) is 8.42 Å². The van der Waals surface area contributed by atoms with E-state index in [1.165, 1.54) is 0 Å². The Hall–Kier alpha value is -1.61. The Morgan fingerprint density at radius 3 is 1.80 bits per heavy atom. The van der Waals surface area contributed by atoms with E-state index in [1.54, 1.807) is 12.1 Å². The molecule has 2 aromatic carbocycles. The van der Waals surface area contributed by atoms with Gasteiger partial charge in [0, 0.05) is 0 Å². The number of aryl methyl sites for hydroxylation is 4. The smallest absolute Gasteiger partial charge is 0.182 e. The van der Waals surface area contributed by atoms with Crippen LogP contribution in [0, 0.1) is 27.7 Å². The highest BCUT2D eigenvalue weighted by Gasteiger charge is 2.17. The lowest BCUT2D eigenvalue weighted by Gasteiger charge is -2.12. The van der Waals surface area contributed by atoms with Gasteiger partial charge < -0.3 is 0 Å². The second kappa shape index (κ2) is 5.41. The highest BCUT2D eigenvalue weighted by Crippen LogP contribution is 2.23. The van der Waals surface area contributed by atoms with Gasteiger partial charge in [0.05, 0.1) is 10.6 Å². The number of hydrogen-bond donors (Lipinski definition) is 0. The SMILES string of the molecule is Cc1ccc(S(=O)(=O)Cc2c(C)cc(C)cc2C)cc1. The van der Waals surface area contributed by atoms with Gasteiger partial charge >= 0.3 is 0 Å². The zero-order chi connectivity index (χ0) is 14.9. The van der Waals surface area contributed by atoms with Crippen LogP contribution in [0.2, 0.25) is 0 Å². The topological polar surface area (TPSA) is 34.1 Å². The number of rotatable bonds is 3. The first-order chi connectivity index (χ1) is 9.29. The highest BCUT2D eigenvalue weighted by molar-refractivity contribution is 7.90. The van der Waals surface area contributed by atoms with Crippen molar-refractivity contribution >= 4 is 9.84 Å². The summed E-state index contributed by atoms with van der Waals surface area (Å²) in [7, 11) is -3.29. The number of hydrogen-bond acceptors (Lipinski definition) is 2. The van der Waals surface area contributed by atoms with Gasteiger partial charge in [-0.3, -0.25) is 0 Å². The lowest BCUT2D eigenvalue weighted by molar-refractivity contribution is 0.595. The minimum absolute atomic E-state index is 0.0635. The first-order valence-corrected chi connectivity index (χ1v) is 8.31. The van der Waals surface area contributed by atoms with Crippen molar-refractivity contribution in [2.24, 2.45) is 0 Å². The molecule has 2 aromatic rings. The molecule has 0 aliphatic rings. The molecule has 0 saturated carbocycles. The molecular weight excluding hydrogens is 268 g/mol. The largest absolute Gasteiger partial charge is 0.223 e. The Kier molecular flexibility index (Phi) is 4.00. The number of sulfone groups is 1. The summed E-state index contributed by atoms with van der Waals surface area (Å²) in [6.07, 6.45) is 0. The standard InChI is InChI=1S/C17H20O2S/c1-12-5-7-16(8-6-12)20(18,19)11-17-14(3)9-13(2)10-15(17)4/h5-10H,11H2,1-4H3. The molecule has 0 amide bonds. The second-order valence-electron chi connectivity index (χ2n) is 5.45. The predicted octanol–water partition coefficient (Wildman–Crippen LogP) is 3.89. The van der Waals surface area contributed by atoms with Crippen LogP contribution in [-0.2, 0) is 15.6 Å². The molecule has 2 nitrogen and oxygen atoms in total. The summed E-state index contributed by atoms with van der Waals surface area (Å²) >= 11 is 0. The average Bonchev–Trinajstić information content (AvgIpc) is 2.34. The molecule has 0 N–H and O–H groups in total. The maximum Gasteiger partial charge on any atom is 0.182 e. The van der Waals surface area contributed by atoms with Crippen molar-refractivity contribution < 1.29 is 8.42 Å². The van der Waals surface area contributed by atoms with Crippen molar-refractivity contribution in [1.29, 1.82) is 0 Å². The van der Waals surface area contributed by atoms with E-state index in [0.29, 0.717) is 4.90 Å². The molecule has 0 unspecified atom stereocenters. The van der Waals surface area contributed by atoms with Crippen LogP contribution in [0.5, 0.6) is 0 Å². The van der Waals surface area contributed by atoms with Crippen molar-refractivity contribution in [1.82, 2.24) is 0 Å². The highest BCUT2D eigenvalue weighted by atomic mass is 32.2. The van der Waals surface area contributed by atoms with Crippen LogP contribution in [0.3, 0.4) is 0 Å². The van der Waals surface area contributed by atoms with Gasteiger partial charge in [0.2, 0.25) is 0 Å². The van der Waals surface area contributed by atoms with Crippen LogP contribution >= 0.6 is 0 Å². The molecule has 3 heteroatoms. The fourth-order valence-corrected chi connectivity index (χ4v) is 4.01. The summed E-state index contributed by atoms with van der Waals surface area (Å²) in [5.74, 6) is 0.0635. The summed E-state index contributed by atoms with van der Waals surface area (Å²) in [6.45, 7) is 7.92. The van der Waals surface area contributed by atoms with Gasteiger partial charge in [-0.05, 0) is 56.5 Å². The monoisotopic (exact) mass is 288 g/mol. The molecule has 0 bridgehead atoms. The lowest BCUT2D eigenvalue weighted by atomic mass is 10.0. The predicted molar refractivity (Wildman–Crippen MR) is 82.7 cm³/mol. The van der Waals surface area contributed by atoms with Gasteiger partial charge in [0.15, 0.2) is 9.84 Å². The summed E-state index contributed by atoms with van der Waals surface area (Å²) < 4.78 is 25.0. The van der Waals surface area contributed by atoms with Crippen molar-refractivity contribution in [2.45, 2.75) is 38.3 Å². The minimum Gasteiger partial charge on any atom is -0.223 e. The molecule has 0 aliphatic heterocycles. The maximum absolute atomic E-state index is 12.5. The van der Waals surface area contributed by atoms with Crippen LogP contribution in [0.15, 0.2) is 41.3 Å². The van der Waals surface area contributed by atoms with Gasteiger partial charge in [-0.2, -0.15) is 0 Å². The van der Waals surface area contributed by atoms with Gasteiger partial charge in [-0.25, -0.2) is 8.42 Å². The third-order valence-corrected chi connectivity index (χ3v) is 5.21. The molecule has 0 radical (unpaired) electrons. The summed E-state index contributed by atoms with van der Waals surface area (Å²) in [4.78, 5) is 0.391. The molecular formula is C17H20O2S. The van der Waals surface area contributed by atoms with Crippen molar-refractivity contribution in [3.8, 4) is 0 Å². The minimum atomic E-state index is -3.29. The van der Waals surface area contributed by atoms with Gasteiger partial charge in [0.1, 0.15) is 0 Å². The maximum atomic E-state index is 12.5. The zero-order valence-corrected chi connectivity index (χ0v) is 13.2. The molecule has 106 valence electrons. The van der Waals surface area contributed by atoms with E-state index in [-0.39, 0.29) is 5.75 Å². The van der Waals surface area contributed by atoms with Crippen LogP contribution in [0.25, 0.3) is 0 Å². The molecule has 0 heterocycles. The van der Waals surface area contributed by atoms with E-state index in [2.05, 4.69) is 0 Å². The molecule has 2 rings (SSSR count). The van der Waals surface area contributed by atoms with Gasteiger partial charge in [0.25, 0.3) is 0 Å². The Bertz CT molecular complexity index is 703. The third kappa shape index (κ3) is 3.10. The molecule has 0 aliphatic carbocycles. The second-order valence-corrected chi connectivity index (χ2v) is 7.44. The van der Waals surface area contributed by atoms with Gasteiger partial charge in [-0.15, -0.1) is 0 Å². The van der Waals surface area contributed by atoms with Crippen molar-refractivity contribution in [3.63, 3.8) is 0 Å². The summed E-state index contributed by atoms with van der Waals surface area (Å²) in [5.41, 5.74) is 5.22. The molecule has 0 saturated heterocycles. The molecule has 20 heavy (non-hydrogen) atoms. The fraction of sp³-hybridized carbons (Fsp3) is 0.294. The van der Waals surface area contributed by atoms with Crippen molar-refractivity contribution in [2.75, 3.05) is 0 Å². The first kappa shape index (κ1) is 14.8. The lowest BCUT2D eigenvalue weighted by Crippen LogP contribution is -2.08. The Balaban J connectivity index is 2.41. The Morgan fingerprint density at radius 2 is 1.30 bits per heavy atom. The number of benzene rings is 2. The van der Waals surface area contributed by atoms with Crippen molar-refractivity contribution in [3.05, 3.63) is 64.2 Å². The zero-order valence-electron chi connectivity index (χ0n) is 12.4. The van der Waals surface area contributed by atoms with E-state index in [4.69, 9.17) is 0 Å². The molecule has 0 spiro atoms. The van der Waals surface area contributed by atoms with E-state index in [1.807, 2.05) is 52.0 Å². The Morgan fingerprint density at radius 1 is 0.800 bits per heavy atom. The fourth-order valence-electron chi connectivity index (χ4n) is 2.46. The quantitative estimate of drug-likeness (QED) is 0.858. The van der Waals surface area contributed by atoms with E-state index in [0.717, 1.165) is 27.8 Å².